The van der Waals surface area contributed by atoms with Gasteiger partial charge in [-0.15, -0.1) is 0 Å². The third-order valence-corrected chi connectivity index (χ3v) is 8.80. The van der Waals surface area contributed by atoms with E-state index >= 15 is 0 Å². The Balaban J connectivity index is 1.07. The quantitative estimate of drug-likeness (QED) is 0.209. The van der Waals surface area contributed by atoms with Gasteiger partial charge in [-0.25, -0.2) is 0 Å². The topological polar surface area (TPSA) is 133 Å². The van der Waals surface area contributed by atoms with Crippen molar-refractivity contribution >= 4 is 81.2 Å². The van der Waals surface area contributed by atoms with Crippen molar-refractivity contribution in [2.45, 2.75) is 25.7 Å². The van der Waals surface area contributed by atoms with E-state index in [-0.39, 0.29) is 72.9 Å². The Morgan fingerprint density at radius 2 is 0.935 bits per heavy atom. The lowest BCUT2D eigenvalue weighted by Gasteiger charge is -2.15. The Labute approximate surface area is 274 Å². The first kappa shape index (κ1) is 32.5. The number of anilines is 2. The fourth-order valence-corrected chi connectivity index (χ4v) is 6.44. The highest BCUT2D eigenvalue weighted by Crippen LogP contribution is 2.33. The lowest BCUT2D eigenvalue weighted by molar-refractivity contribution is -0.123. The van der Waals surface area contributed by atoms with Crippen molar-refractivity contribution < 1.29 is 28.8 Å². The molecule has 5 rings (SSSR count). The average Bonchev–Trinajstić information content (AvgIpc) is 3.46. The molecule has 0 aliphatic carbocycles. The predicted octanol–water partition coefficient (Wildman–Crippen LogP) is 6.60. The highest BCUT2D eigenvalue weighted by Gasteiger charge is 2.35. The monoisotopic (exact) mass is 654 g/mol. The molecule has 2 fully saturated rings. The number of imide groups is 2. The number of carbonyl (C=O) groups is 6. The minimum Gasteiger partial charge on any atom is -0.324 e. The number of rotatable bonds is 12. The maximum absolute atomic E-state index is 12.7. The zero-order chi connectivity index (χ0) is 32.5. The number of hydrogen-bond acceptors (Lipinski definition) is 8. The van der Waals surface area contributed by atoms with Gasteiger partial charge in [0, 0.05) is 25.9 Å². The summed E-state index contributed by atoms with van der Waals surface area (Å²) in [7, 11) is 0. The smallest absolute Gasteiger partial charge is 0.293 e. The molecule has 0 radical (unpaired) electrons. The highest BCUT2D eigenvalue weighted by atomic mass is 32.2. The van der Waals surface area contributed by atoms with E-state index in [1.54, 1.807) is 36.4 Å². The molecule has 46 heavy (non-hydrogen) atoms. The summed E-state index contributed by atoms with van der Waals surface area (Å²) in [6, 6.07) is 25.2. The molecule has 2 aliphatic heterocycles. The number of carbonyl (C=O) groups excluding carboxylic acids is 6. The largest absolute Gasteiger partial charge is 0.324 e. The first-order chi connectivity index (χ1) is 22.3. The van der Waals surface area contributed by atoms with E-state index in [4.69, 9.17) is 0 Å². The van der Waals surface area contributed by atoms with Gasteiger partial charge in [-0.05, 0) is 71.8 Å². The van der Waals surface area contributed by atoms with Gasteiger partial charge in [0.1, 0.15) is 0 Å². The minimum atomic E-state index is -0.381. The van der Waals surface area contributed by atoms with E-state index in [0.29, 0.717) is 21.2 Å². The first-order valence-corrected chi connectivity index (χ1v) is 16.2. The third-order valence-electron chi connectivity index (χ3n) is 6.99. The summed E-state index contributed by atoms with van der Waals surface area (Å²) in [4.78, 5) is 78.7. The second-order valence-corrected chi connectivity index (χ2v) is 12.3. The van der Waals surface area contributed by atoms with Gasteiger partial charge in [0.25, 0.3) is 22.3 Å². The molecule has 0 unspecified atom stereocenters. The second-order valence-electron chi connectivity index (χ2n) is 10.3. The molecular formula is C34H30N4O6S2. The molecule has 0 saturated carbocycles. The molecule has 2 N–H and O–H groups in total. The van der Waals surface area contributed by atoms with Crippen LogP contribution in [0, 0.1) is 0 Å². The lowest BCUT2D eigenvalue weighted by Crippen LogP contribution is -2.30. The molecule has 0 atom stereocenters. The van der Waals surface area contributed by atoms with Crippen molar-refractivity contribution in [2.24, 2.45) is 0 Å². The van der Waals surface area contributed by atoms with E-state index in [9.17, 15) is 28.8 Å². The molecule has 0 spiro atoms. The summed E-state index contributed by atoms with van der Waals surface area (Å²) >= 11 is 1.75. The number of para-hydroxylation sites is 2. The van der Waals surface area contributed by atoms with Crippen LogP contribution in [0.3, 0.4) is 0 Å². The lowest BCUT2D eigenvalue weighted by atomic mass is 10.2. The summed E-state index contributed by atoms with van der Waals surface area (Å²) in [6.45, 7) is 0.208. The van der Waals surface area contributed by atoms with Crippen LogP contribution in [0.25, 0.3) is 12.2 Å². The van der Waals surface area contributed by atoms with E-state index in [2.05, 4.69) is 10.6 Å². The summed E-state index contributed by atoms with van der Waals surface area (Å²) in [5, 5.41) is 4.81. The Morgan fingerprint density at radius 1 is 0.565 bits per heavy atom. The van der Waals surface area contributed by atoms with Crippen LogP contribution in [0.4, 0.5) is 21.0 Å². The molecule has 2 heterocycles. The molecule has 3 aromatic carbocycles. The van der Waals surface area contributed by atoms with Crippen molar-refractivity contribution in [1.82, 2.24) is 9.80 Å². The number of benzene rings is 3. The van der Waals surface area contributed by atoms with Crippen LogP contribution < -0.4 is 10.6 Å². The van der Waals surface area contributed by atoms with E-state index in [0.717, 1.165) is 44.5 Å². The average molecular weight is 655 g/mol. The normalized spacial score (nSPS) is 16.5. The predicted molar refractivity (Wildman–Crippen MR) is 180 cm³/mol. The molecule has 0 aromatic heterocycles. The molecule has 2 saturated heterocycles. The SMILES string of the molecule is O=C(CCCN1C(=O)S/C(=C\c2ccccc2)C1=O)Nc1ccccc1NC(=O)CCCN1C(=O)S/C(=C/c2ccccc2)C1=O. The maximum Gasteiger partial charge on any atom is 0.293 e. The zero-order valence-electron chi connectivity index (χ0n) is 24.6. The van der Waals surface area contributed by atoms with Crippen LogP contribution in [0.15, 0.2) is 94.7 Å². The zero-order valence-corrected chi connectivity index (χ0v) is 26.3. The summed E-state index contributed by atoms with van der Waals surface area (Å²) in [5.41, 5.74) is 2.43. The van der Waals surface area contributed by atoms with Gasteiger partial charge in [-0.1, -0.05) is 72.8 Å². The van der Waals surface area contributed by atoms with Crippen LogP contribution in [0.5, 0.6) is 0 Å². The van der Waals surface area contributed by atoms with Crippen molar-refractivity contribution in [3.8, 4) is 0 Å². The fourth-order valence-electron chi connectivity index (χ4n) is 4.71. The Hall–Kier alpha value is -4.94. The molecule has 234 valence electrons. The van der Waals surface area contributed by atoms with Crippen molar-refractivity contribution in [3.63, 3.8) is 0 Å². The summed E-state index contributed by atoms with van der Waals surface area (Å²) in [6.07, 6.45) is 4.00. The highest BCUT2D eigenvalue weighted by molar-refractivity contribution is 8.18. The molecule has 3 aromatic rings. The summed E-state index contributed by atoms with van der Waals surface area (Å²) < 4.78 is 0. The van der Waals surface area contributed by atoms with Crippen LogP contribution >= 0.6 is 23.5 Å². The third kappa shape index (κ3) is 8.40. The van der Waals surface area contributed by atoms with Crippen molar-refractivity contribution in [2.75, 3.05) is 23.7 Å². The number of nitrogens with one attached hydrogen (secondary N) is 2. The van der Waals surface area contributed by atoms with E-state index < -0.39 is 0 Å². The van der Waals surface area contributed by atoms with Crippen LogP contribution in [-0.4, -0.2) is 57.0 Å². The number of nitrogens with zero attached hydrogens (tertiary/aromatic N) is 2. The van der Waals surface area contributed by atoms with Gasteiger partial charge >= 0.3 is 0 Å². The standard InChI is InChI=1S/C34H30N4O6S2/c39-29(17-9-19-37-31(41)27(45-33(37)43)21-23-11-3-1-4-12-23)35-25-15-7-8-16-26(25)36-30(40)18-10-20-38-32(42)28(46-34(38)44)22-24-13-5-2-6-14-24/h1-8,11-16,21-22H,9-10,17-20H2,(H,35,39)(H,36,40)/b27-21-,28-22+. The second kappa shape index (κ2) is 15.4. The molecule has 2 aliphatic rings. The molecule has 0 bridgehead atoms. The fraction of sp³-hybridized carbons (Fsp3) is 0.176. The Bertz CT molecular complexity index is 1600. The number of amides is 6. The van der Waals surface area contributed by atoms with Gasteiger partial charge in [0.2, 0.25) is 11.8 Å². The van der Waals surface area contributed by atoms with Crippen LogP contribution in [0.2, 0.25) is 0 Å². The van der Waals surface area contributed by atoms with Crippen molar-refractivity contribution in [3.05, 3.63) is 106 Å². The maximum atomic E-state index is 12.7. The van der Waals surface area contributed by atoms with Gasteiger partial charge in [0.15, 0.2) is 0 Å². The molecule has 12 heteroatoms. The van der Waals surface area contributed by atoms with E-state index in [1.807, 2.05) is 60.7 Å². The van der Waals surface area contributed by atoms with Gasteiger partial charge in [-0.2, -0.15) is 0 Å². The Morgan fingerprint density at radius 3 is 1.33 bits per heavy atom. The van der Waals surface area contributed by atoms with Crippen LogP contribution in [0.1, 0.15) is 36.8 Å². The number of hydrogen-bond donors (Lipinski definition) is 2. The van der Waals surface area contributed by atoms with Gasteiger partial charge < -0.3 is 10.6 Å². The number of thioether (sulfide) groups is 2. The molecule has 6 amide bonds. The van der Waals surface area contributed by atoms with Crippen LogP contribution in [-0.2, 0) is 19.2 Å². The molecular weight excluding hydrogens is 625 g/mol. The Kier molecular flexibility index (Phi) is 10.8. The van der Waals surface area contributed by atoms with Gasteiger partial charge in [0.05, 0.1) is 21.2 Å². The van der Waals surface area contributed by atoms with E-state index in [1.165, 1.54) is 0 Å². The molecule has 10 nitrogen and oxygen atoms in total. The van der Waals surface area contributed by atoms with Gasteiger partial charge in [-0.3, -0.25) is 38.6 Å². The first-order valence-electron chi connectivity index (χ1n) is 14.6. The van der Waals surface area contributed by atoms with Crippen molar-refractivity contribution in [1.29, 1.82) is 0 Å². The summed E-state index contributed by atoms with van der Waals surface area (Å²) in [5.74, 6) is -1.44. The minimum absolute atomic E-state index is 0.0539.